The molecule has 0 aromatic heterocycles. The van der Waals surface area contributed by atoms with E-state index in [1.165, 1.54) is 38.5 Å². The van der Waals surface area contributed by atoms with E-state index in [1.54, 1.807) is 0 Å². The van der Waals surface area contributed by atoms with Crippen LogP contribution in [0.5, 0.6) is 0 Å². The predicted molar refractivity (Wildman–Crippen MR) is 345 cm³/mol. The van der Waals surface area contributed by atoms with Gasteiger partial charge in [0, 0.05) is 12.8 Å². The smallest absolute Gasteiger partial charge is 0.361 e. The molecule has 0 aliphatic rings. The number of carboxylic acids is 1. The van der Waals surface area contributed by atoms with Crippen molar-refractivity contribution in [3.8, 4) is 0 Å². The Morgan fingerprint density at radius 3 is 0.988 bits per heavy atom. The maximum absolute atomic E-state index is 12.9. The highest BCUT2D eigenvalue weighted by atomic mass is 16.7. The summed E-state index contributed by atoms with van der Waals surface area (Å²) < 4.78 is 22.9. The number of esters is 2. The minimum atomic E-state index is -1.53. The van der Waals surface area contributed by atoms with Crippen LogP contribution in [0.25, 0.3) is 0 Å². The van der Waals surface area contributed by atoms with E-state index in [0.717, 1.165) is 148 Å². The summed E-state index contributed by atoms with van der Waals surface area (Å²) in [4.78, 5) is 37.5. The standard InChI is InChI=1S/C72H115NO8/c1-6-8-10-12-14-16-18-20-22-24-26-28-30-32-34-35-37-38-40-42-44-46-48-50-52-54-56-58-60-62-69(74)79-66-68(67-80-72(71(76)77)78-65-64-73(3,4)5)81-70(75)63-61-59-57-55-53-51-49-47-45-43-41-39-36-33-31-29-27-25-23-21-19-17-15-13-11-9-7-2/h8-11,14-17,20-23,26-29,32-34,36-38,41,43,47,49,68,72H,6-7,12-13,18-19,24-25,30-31,35,39-40,42,44-46,48,50-67H2,1-5H3/p+1/b10-8-,11-9-,16-14-,17-15-,22-20-,23-21-,28-26-,29-27-,34-32-,36-33-,38-37-,43-41-,49-47-. The van der Waals surface area contributed by atoms with Gasteiger partial charge in [0.1, 0.15) is 13.2 Å². The Hall–Kier alpha value is -5.09. The van der Waals surface area contributed by atoms with Crippen molar-refractivity contribution >= 4 is 17.9 Å². The van der Waals surface area contributed by atoms with Crippen LogP contribution in [0.1, 0.15) is 219 Å². The molecular weight excluding hydrogens is 1010 g/mol. The monoisotopic (exact) mass is 1120 g/mol. The van der Waals surface area contributed by atoms with Crippen LogP contribution in [-0.2, 0) is 33.3 Å². The number of allylic oxidation sites excluding steroid dienone is 26. The lowest BCUT2D eigenvalue weighted by atomic mass is 10.1. The molecule has 9 nitrogen and oxygen atoms in total. The molecule has 0 aliphatic heterocycles. The summed E-state index contributed by atoms with van der Waals surface area (Å²) in [5.41, 5.74) is 0. The van der Waals surface area contributed by atoms with E-state index in [-0.39, 0.29) is 38.6 Å². The number of aliphatic carboxylic acids is 1. The van der Waals surface area contributed by atoms with Gasteiger partial charge in [0.2, 0.25) is 0 Å². The molecular formula is C72H116NO8+. The molecule has 0 spiro atoms. The second-order valence-electron chi connectivity index (χ2n) is 21.6. The van der Waals surface area contributed by atoms with E-state index in [9.17, 15) is 19.5 Å². The lowest BCUT2D eigenvalue weighted by molar-refractivity contribution is -0.870. The van der Waals surface area contributed by atoms with E-state index in [1.807, 2.05) is 21.1 Å². The predicted octanol–water partition coefficient (Wildman–Crippen LogP) is 19.3. The molecule has 0 heterocycles. The number of rotatable bonds is 56. The summed E-state index contributed by atoms with van der Waals surface area (Å²) in [6.45, 7) is 4.60. The average molecular weight is 1120 g/mol. The fourth-order valence-corrected chi connectivity index (χ4v) is 8.00. The maximum Gasteiger partial charge on any atom is 0.361 e. The van der Waals surface area contributed by atoms with Gasteiger partial charge in [0.15, 0.2) is 6.10 Å². The van der Waals surface area contributed by atoms with E-state index in [0.29, 0.717) is 17.4 Å². The first-order chi connectivity index (χ1) is 39.6. The summed E-state index contributed by atoms with van der Waals surface area (Å²) >= 11 is 0. The fraction of sp³-hybridized carbons (Fsp3) is 0.597. The first kappa shape index (κ1) is 75.9. The molecule has 0 aliphatic carbocycles. The number of hydrogen-bond acceptors (Lipinski definition) is 7. The van der Waals surface area contributed by atoms with Gasteiger partial charge in [-0.25, -0.2) is 4.79 Å². The van der Waals surface area contributed by atoms with Crippen LogP contribution in [0.4, 0.5) is 0 Å². The molecule has 1 N–H and O–H groups in total. The molecule has 0 aromatic carbocycles. The Morgan fingerprint density at radius 2 is 0.667 bits per heavy atom. The highest BCUT2D eigenvalue weighted by Crippen LogP contribution is 2.14. The molecule has 81 heavy (non-hydrogen) atoms. The van der Waals surface area contributed by atoms with Crippen LogP contribution in [0.3, 0.4) is 0 Å². The van der Waals surface area contributed by atoms with Gasteiger partial charge in [-0.05, 0) is 122 Å². The van der Waals surface area contributed by atoms with Crippen molar-refractivity contribution in [2.75, 3.05) is 47.5 Å². The summed E-state index contributed by atoms with van der Waals surface area (Å²) in [6, 6.07) is 0. The summed E-state index contributed by atoms with van der Waals surface area (Å²) in [7, 11) is 5.95. The number of nitrogens with zero attached hydrogens (tertiary/aromatic N) is 1. The number of quaternary nitrogens is 1. The third-order valence-electron chi connectivity index (χ3n) is 12.8. The van der Waals surface area contributed by atoms with E-state index < -0.39 is 24.3 Å². The summed E-state index contributed by atoms with van der Waals surface area (Å²) in [5, 5.41) is 9.73. The van der Waals surface area contributed by atoms with Gasteiger partial charge in [-0.15, -0.1) is 0 Å². The van der Waals surface area contributed by atoms with Crippen LogP contribution < -0.4 is 0 Å². The zero-order chi connectivity index (χ0) is 59.1. The average Bonchev–Trinajstić information content (AvgIpc) is 3.44. The molecule has 0 rings (SSSR count). The normalized spacial score (nSPS) is 13.8. The molecule has 9 heteroatoms. The minimum Gasteiger partial charge on any atom is -0.477 e. The highest BCUT2D eigenvalue weighted by Gasteiger charge is 2.25. The van der Waals surface area contributed by atoms with Crippen molar-refractivity contribution in [2.45, 2.75) is 232 Å². The molecule has 456 valence electrons. The minimum absolute atomic E-state index is 0.173. The van der Waals surface area contributed by atoms with Gasteiger partial charge in [-0.2, -0.15) is 0 Å². The van der Waals surface area contributed by atoms with Gasteiger partial charge in [-0.3, -0.25) is 9.59 Å². The molecule has 0 radical (unpaired) electrons. The number of hydrogen-bond donors (Lipinski definition) is 1. The number of unbranched alkanes of at least 4 members (excludes halogenated alkanes) is 15. The van der Waals surface area contributed by atoms with Crippen molar-refractivity contribution in [3.05, 3.63) is 158 Å². The highest BCUT2D eigenvalue weighted by molar-refractivity contribution is 5.71. The second kappa shape index (κ2) is 61.0. The molecule has 0 aromatic rings. The summed E-state index contributed by atoms with van der Waals surface area (Å²) in [5.74, 6) is -2.06. The Morgan fingerprint density at radius 1 is 0.370 bits per heavy atom. The van der Waals surface area contributed by atoms with E-state index >= 15 is 0 Å². The number of ether oxygens (including phenoxy) is 4. The van der Waals surface area contributed by atoms with Crippen molar-refractivity contribution in [3.63, 3.8) is 0 Å². The number of carboxylic acid groups (broad SMARTS) is 1. The Balaban J connectivity index is 4.30. The first-order valence-electron chi connectivity index (χ1n) is 31.6. The number of likely N-dealkylation sites (N-methyl/N-ethyl adjacent to an activating group) is 1. The maximum atomic E-state index is 12.9. The largest absolute Gasteiger partial charge is 0.477 e. The van der Waals surface area contributed by atoms with Gasteiger partial charge in [-0.1, -0.05) is 242 Å². The Bertz CT molecular complexity index is 1880. The van der Waals surface area contributed by atoms with E-state index in [4.69, 9.17) is 18.9 Å². The fourth-order valence-electron chi connectivity index (χ4n) is 8.00. The molecule has 0 fully saturated rings. The van der Waals surface area contributed by atoms with Crippen LogP contribution in [-0.4, -0.2) is 87.4 Å². The van der Waals surface area contributed by atoms with Gasteiger partial charge >= 0.3 is 17.9 Å². The molecule has 2 atom stereocenters. The zero-order valence-electron chi connectivity index (χ0n) is 51.9. The van der Waals surface area contributed by atoms with Crippen LogP contribution >= 0.6 is 0 Å². The van der Waals surface area contributed by atoms with Crippen LogP contribution in [0.15, 0.2) is 158 Å². The Labute approximate surface area is 495 Å². The van der Waals surface area contributed by atoms with Crippen molar-refractivity contribution in [2.24, 2.45) is 0 Å². The van der Waals surface area contributed by atoms with Crippen molar-refractivity contribution < 1.29 is 42.9 Å². The van der Waals surface area contributed by atoms with Gasteiger partial charge in [0.05, 0.1) is 34.4 Å². The quantitative estimate of drug-likeness (QED) is 0.0211. The molecule has 2 unspecified atom stereocenters. The van der Waals surface area contributed by atoms with Crippen LogP contribution in [0, 0.1) is 0 Å². The zero-order valence-corrected chi connectivity index (χ0v) is 51.9. The van der Waals surface area contributed by atoms with Crippen molar-refractivity contribution in [1.82, 2.24) is 0 Å². The summed E-state index contributed by atoms with van der Waals surface area (Å²) in [6.07, 6.45) is 87.5. The van der Waals surface area contributed by atoms with Gasteiger partial charge < -0.3 is 28.5 Å². The second-order valence-corrected chi connectivity index (χ2v) is 21.6. The number of carbonyl (C=O) groups excluding carboxylic acids is 2. The van der Waals surface area contributed by atoms with Gasteiger partial charge in [0.25, 0.3) is 6.29 Å². The Kier molecular flexibility index (Phi) is 57.2. The third-order valence-corrected chi connectivity index (χ3v) is 12.8. The third kappa shape index (κ3) is 62.4. The SMILES string of the molecule is CC/C=C\C/C=C\C/C=C\C/C=C\C/C=C\C/C=C\C/C=C\CCCCCCCC(=O)OC(COC(=O)CCCCCCCCCCCC/C=C\C/C=C\C/C=C\C/C=C\C/C=C\C/C=C\CC)COC(OCC[N+](C)(C)C)C(=O)O. The first-order valence-corrected chi connectivity index (χ1v) is 31.6. The molecule has 0 saturated carbocycles. The lowest BCUT2D eigenvalue weighted by Gasteiger charge is -2.25. The molecule has 0 bridgehead atoms. The van der Waals surface area contributed by atoms with Crippen molar-refractivity contribution in [1.29, 1.82) is 0 Å². The molecule has 0 saturated heterocycles. The molecule has 0 amide bonds. The number of carbonyl (C=O) groups is 3. The van der Waals surface area contributed by atoms with Crippen LogP contribution in [0.2, 0.25) is 0 Å². The lowest BCUT2D eigenvalue weighted by Crippen LogP contribution is -2.40. The topological polar surface area (TPSA) is 108 Å². The van der Waals surface area contributed by atoms with E-state index in [2.05, 4.69) is 172 Å².